The van der Waals surface area contributed by atoms with Crippen LogP contribution in [-0.2, 0) is 16.1 Å². The lowest BCUT2D eigenvalue weighted by molar-refractivity contribution is -0.137. The maximum absolute atomic E-state index is 13.2. The zero-order chi connectivity index (χ0) is 20.0. The Labute approximate surface area is 162 Å². The summed E-state index contributed by atoms with van der Waals surface area (Å²) in [7, 11) is 3.28. The highest BCUT2D eigenvalue weighted by atomic mass is 19.1. The van der Waals surface area contributed by atoms with Gasteiger partial charge in [0.1, 0.15) is 5.82 Å². The third-order valence-corrected chi connectivity index (χ3v) is 5.28. The average molecular weight is 387 g/mol. The fraction of sp³-hybridized carbons (Fsp3) is 0.421. The second-order valence-corrected chi connectivity index (χ2v) is 7.05. The Balaban J connectivity index is 1.60. The molecule has 0 saturated carbocycles. The lowest BCUT2D eigenvalue weighted by Crippen LogP contribution is -2.63. The van der Waals surface area contributed by atoms with E-state index in [0.717, 1.165) is 5.70 Å². The number of amides is 3. The molecule has 0 aliphatic carbocycles. The largest absolute Gasteiger partial charge is 0.383 e. The zero-order valence-electron chi connectivity index (χ0n) is 16.0. The van der Waals surface area contributed by atoms with Crippen molar-refractivity contribution >= 4 is 17.9 Å². The van der Waals surface area contributed by atoms with Gasteiger partial charge in [0.2, 0.25) is 5.96 Å². The van der Waals surface area contributed by atoms with Gasteiger partial charge in [0.15, 0.2) is 12.2 Å². The standard InChI is InChI=1S/C19H22FN5O3/c1-12-10-24-15-16(21-18(24)23(12)8-9-28-3)22(2)19(27)25(17(15)26)11-13-4-6-14(20)7-5-13/h4-7,10,15-16H,8-9,11H2,1-3H3. The van der Waals surface area contributed by atoms with E-state index in [1.54, 1.807) is 26.3 Å². The number of allylic oxidation sites excluding steroid dienone is 1. The third-order valence-electron chi connectivity index (χ3n) is 5.28. The van der Waals surface area contributed by atoms with Crippen LogP contribution in [0.3, 0.4) is 0 Å². The van der Waals surface area contributed by atoms with Crippen molar-refractivity contribution in [2.45, 2.75) is 25.7 Å². The molecule has 0 bridgehead atoms. The van der Waals surface area contributed by atoms with E-state index in [-0.39, 0.29) is 18.3 Å². The number of carbonyl (C=O) groups is 2. The van der Waals surface area contributed by atoms with Crippen molar-refractivity contribution in [2.24, 2.45) is 4.99 Å². The number of urea groups is 1. The first-order valence-electron chi connectivity index (χ1n) is 9.06. The van der Waals surface area contributed by atoms with E-state index in [2.05, 4.69) is 4.99 Å². The molecule has 3 amide bonds. The average Bonchev–Trinajstić information content (AvgIpc) is 3.18. The Morgan fingerprint density at radius 1 is 1.18 bits per heavy atom. The van der Waals surface area contributed by atoms with Crippen LogP contribution in [-0.4, -0.2) is 77.0 Å². The van der Waals surface area contributed by atoms with Gasteiger partial charge >= 0.3 is 6.03 Å². The molecular weight excluding hydrogens is 365 g/mol. The van der Waals surface area contributed by atoms with Crippen LogP contribution >= 0.6 is 0 Å². The SMILES string of the molecule is COCCN1C(C)=CN2C1=NC1C2C(=O)N(Cc2ccc(F)cc2)C(=O)N1C. The van der Waals surface area contributed by atoms with Gasteiger partial charge in [-0.25, -0.2) is 14.2 Å². The first kappa shape index (κ1) is 18.4. The third kappa shape index (κ3) is 2.82. The highest BCUT2D eigenvalue weighted by molar-refractivity contribution is 6.04. The molecule has 0 N–H and O–H groups in total. The van der Waals surface area contributed by atoms with Crippen LogP contribution in [0.25, 0.3) is 0 Å². The van der Waals surface area contributed by atoms with Gasteiger partial charge in [-0.05, 0) is 24.6 Å². The highest BCUT2D eigenvalue weighted by Crippen LogP contribution is 2.34. The maximum Gasteiger partial charge on any atom is 0.328 e. The fourth-order valence-electron chi connectivity index (χ4n) is 3.78. The molecule has 148 valence electrons. The summed E-state index contributed by atoms with van der Waals surface area (Å²) in [6.07, 6.45) is 1.31. The van der Waals surface area contributed by atoms with Crippen molar-refractivity contribution < 1.29 is 18.7 Å². The van der Waals surface area contributed by atoms with Crippen LogP contribution in [0.5, 0.6) is 0 Å². The van der Waals surface area contributed by atoms with Gasteiger partial charge in [0.05, 0.1) is 13.2 Å². The molecule has 2 unspecified atom stereocenters. The molecule has 4 rings (SSSR count). The van der Waals surface area contributed by atoms with Crippen LogP contribution in [0, 0.1) is 5.82 Å². The van der Waals surface area contributed by atoms with E-state index in [1.165, 1.54) is 21.9 Å². The molecule has 0 spiro atoms. The molecule has 1 aromatic carbocycles. The van der Waals surface area contributed by atoms with Crippen molar-refractivity contribution in [1.29, 1.82) is 0 Å². The number of fused-ring (bicyclic) bond motifs is 3. The summed E-state index contributed by atoms with van der Waals surface area (Å²) in [6, 6.07) is 4.76. The smallest absolute Gasteiger partial charge is 0.328 e. The van der Waals surface area contributed by atoms with Crippen LogP contribution in [0.2, 0.25) is 0 Å². The molecule has 28 heavy (non-hydrogen) atoms. The molecule has 0 radical (unpaired) electrons. The Morgan fingerprint density at radius 3 is 2.57 bits per heavy atom. The molecule has 1 saturated heterocycles. The van der Waals surface area contributed by atoms with Gasteiger partial charge in [-0.2, -0.15) is 0 Å². The maximum atomic E-state index is 13.2. The van der Waals surface area contributed by atoms with Crippen molar-refractivity contribution in [2.75, 3.05) is 27.3 Å². The molecule has 1 aromatic rings. The molecule has 8 nitrogen and oxygen atoms in total. The first-order chi connectivity index (χ1) is 13.4. The minimum absolute atomic E-state index is 0.0881. The number of carbonyl (C=O) groups excluding carboxylic acids is 2. The lowest BCUT2D eigenvalue weighted by atomic mass is 10.1. The predicted octanol–water partition coefficient (Wildman–Crippen LogP) is 1.41. The van der Waals surface area contributed by atoms with E-state index in [9.17, 15) is 14.0 Å². The van der Waals surface area contributed by atoms with Crippen LogP contribution in [0.4, 0.5) is 9.18 Å². The van der Waals surface area contributed by atoms with Gasteiger partial charge < -0.3 is 19.4 Å². The number of guanidine groups is 1. The Morgan fingerprint density at radius 2 is 1.89 bits per heavy atom. The van der Waals surface area contributed by atoms with E-state index in [4.69, 9.17) is 4.74 Å². The summed E-state index contributed by atoms with van der Waals surface area (Å²) in [5, 5.41) is 0. The number of hydrogen-bond acceptors (Lipinski definition) is 6. The van der Waals surface area contributed by atoms with E-state index < -0.39 is 18.2 Å². The summed E-state index contributed by atoms with van der Waals surface area (Å²) in [6.45, 7) is 3.17. The second kappa shape index (κ2) is 6.90. The summed E-state index contributed by atoms with van der Waals surface area (Å²) in [5.41, 5.74) is 1.65. The number of ether oxygens (including phenoxy) is 1. The summed E-state index contributed by atoms with van der Waals surface area (Å²) < 4.78 is 18.3. The first-order valence-corrected chi connectivity index (χ1v) is 9.06. The van der Waals surface area contributed by atoms with E-state index in [0.29, 0.717) is 24.7 Å². The van der Waals surface area contributed by atoms with Gasteiger partial charge in [0.25, 0.3) is 5.91 Å². The van der Waals surface area contributed by atoms with Gasteiger partial charge in [-0.1, -0.05) is 12.1 Å². The molecular formula is C19H22FN5O3. The number of methoxy groups -OCH3 is 1. The number of imide groups is 1. The van der Waals surface area contributed by atoms with Crippen molar-refractivity contribution in [3.63, 3.8) is 0 Å². The topological polar surface area (TPSA) is 68.7 Å². The predicted molar refractivity (Wildman–Crippen MR) is 99.3 cm³/mol. The molecule has 9 heteroatoms. The van der Waals surface area contributed by atoms with E-state index >= 15 is 0 Å². The number of likely N-dealkylation sites (N-methyl/N-ethyl adjacent to an activating group) is 1. The minimum Gasteiger partial charge on any atom is -0.383 e. The van der Waals surface area contributed by atoms with Gasteiger partial charge in [0, 0.05) is 32.6 Å². The number of benzene rings is 1. The molecule has 3 aliphatic rings. The lowest BCUT2D eigenvalue weighted by Gasteiger charge is -2.40. The van der Waals surface area contributed by atoms with Crippen molar-refractivity contribution in [3.05, 3.63) is 47.5 Å². The second-order valence-electron chi connectivity index (χ2n) is 7.05. The van der Waals surface area contributed by atoms with E-state index in [1.807, 2.05) is 22.9 Å². The van der Waals surface area contributed by atoms with Crippen LogP contribution in [0.15, 0.2) is 41.2 Å². The number of hydrogen-bond donors (Lipinski definition) is 0. The highest BCUT2D eigenvalue weighted by Gasteiger charge is 2.54. The molecule has 3 aliphatic heterocycles. The Kier molecular flexibility index (Phi) is 4.54. The van der Waals surface area contributed by atoms with Crippen molar-refractivity contribution in [3.8, 4) is 0 Å². The molecule has 0 aromatic heterocycles. The quantitative estimate of drug-likeness (QED) is 0.764. The van der Waals surface area contributed by atoms with Crippen LogP contribution in [0.1, 0.15) is 12.5 Å². The Bertz CT molecular complexity index is 869. The zero-order valence-corrected chi connectivity index (χ0v) is 16.0. The number of aliphatic imine (C=N–C) groups is 1. The number of nitrogens with zero attached hydrogens (tertiary/aromatic N) is 5. The summed E-state index contributed by atoms with van der Waals surface area (Å²) >= 11 is 0. The summed E-state index contributed by atoms with van der Waals surface area (Å²) in [5.74, 6) is -0.0186. The molecule has 3 heterocycles. The molecule has 1 fully saturated rings. The minimum atomic E-state index is -0.611. The number of rotatable bonds is 5. The normalized spacial score (nSPS) is 23.9. The van der Waals surface area contributed by atoms with Crippen LogP contribution < -0.4 is 0 Å². The monoisotopic (exact) mass is 387 g/mol. The van der Waals surface area contributed by atoms with Gasteiger partial charge in [-0.3, -0.25) is 9.69 Å². The Hall–Kier alpha value is -2.94. The fourth-order valence-corrected chi connectivity index (χ4v) is 3.78. The summed E-state index contributed by atoms with van der Waals surface area (Å²) in [4.78, 5) is 37.2. The number of halogens is 1. The van der Waals surface area contributed by atoms with Gasteiger partial charge in [-0.15, -0.1) is 0 Å². The van der Waals surface area contributed by atoms with Crippen molar-refractivity contribution in [1.82, 2.24) is 19.6 Å². The molecule has 2 atom stereocenters.